The van der Waals surface area contributed by atoms with E-state index in [4.69, 9.17) is 10.8 Å². The van der Waals surface area contributed by atoms with Crippen LogP contribution in [-0.4, -0.2) is 42.7 Å². The zero-order chi connectivity index (χ0) is 29.3. The Balaban J connectivity index is 1.29. The number of fused-ring (bicyclic) bond motifs is 1. The highest BCUT2D eigenvalue weighted by molar-refractivity contribution is 5.98. The summed E-state index contributed by atoms with van der Waals surface area (Å²) in [6.07, 6.45) is 1.27. The summed E-state index contributed by atoms with van der Waals surface area (Å²) in [5, 5.41) is 24.4. The van der Waals surface area contributed by atoms with Crippen LogP contribution in [0.3, 0.4) is 0 Å². The first-order valence-corrected chi connectivity index (χ1v) is 11.9. The Morgan fingerprint density at radius 1 is 0.927 bits per heavy atom. The SMILES string of the molecule is Nc1c(Nc2cc(CNC(=O)c3cc(C(=O)NCc4ccc(C(=O)O)cc4)nc4cnnn34)ccc2F)c(=O)c1=O. The van der Waals surface area contributed by atoms with Crippen LogP contribution in [0.4, 0.5) is 21.5 Å². The quantitative estimate of drug-likeness (QED) is 0.159. The van der Waals surface area contributed by atoms with Gasteiger partial charge in [-0.25, -0.2) is 14.2 Å². The number of aromatic nitrogens is 4. The molecule has 2 heterocycles. The molecule has 0 unspecified atom stereocenters. The zero-order valence-electron chi connectivity index (χ0n) is 20.8. The van der Waals surface area contributed by atoms with Gasteiger partial charge in [-0.2, -0.15) is 4.52 Å². The molecule has 14 nitrogen and oxygen atoms in total. The van der Waals surface area contributed by atoms with Crippen LogP contribution in [0.5, 0.6) is 0 Å². The van der Waals surface area contributed by atoms with Crippen molar-refractivity contribution in [2.75, 3.05) is 11.1 Å². The van der Waals surface area contributed by atoms with E-state index < -0.39 is 34.5 Å². The number of nitrogens with one attached hydrogen (secondary N) is 3. The lowest BCUT2D eigenvalue weighted by molar-refractivity contribution is 0.0696. The minimum absolute atomic E-state index is 0.0552. The Hall–Kier alpha value is -5.99. The Kier molecular flexibility index (Phi) is 6.91. The lowest BCUT2D eigenvalue weighted by Crippen LogP contribution is -2.36. The number of carboxylic acids is 1. The number of nitrogens with zero attached hydrogens (tertiary/aromatic N) is 4. The predicted octanol–water partition coefficient (Wildman–Crippen LogP) is 0.743. The smallest absolute Gasteiger partial charge is 0.335 e. The molecule has 0 saturated carbocycles. The number of carbonyl (C=O) groups excluding carboxylic acids is 2. The molecule has 5 aromatic rings. The van der Waals surface area contributed by atoms with Crippen molar-refractivity contribution in [2.24, 2.45) is 0 Å². The number of nitrogen functional groups attached to an aromatic ring is 1. The van der Waals surface area contributed by atoms with Gasteiger partial charge in [0.2, 0.25) is 0 Å². The standard InChI is InChI=1S/C26H19FN8O6/c27-15-6-3-13(7-16(15)33-21-20(28)22(36)23(21)37)10-30-25(39)18-8-17(32-19-11-31-34-35(18)19)24(38)29-9-12-1-4-14(5-2-12)26(40)41/h1-8,11,33H,9-10,28H2,(H,29,38)(H,30,39)(H,40,41). The Morgan fingerprint density at radius 2 is 1.61 bits per heavy atom. The molecule has 0 radical (unpaired) electrons. The van der Waals surface area contributed by atoms with Crippen LogP contribution in [0.25, 0.3) is 5.65 Å². The molecule has 0 fully saturated rings. The van der Waals surface area contributed by atoms with Crippen molar-refractivity contribution in [1.29, 1.82) is 0 Å². The van der Waals surface area contributed by atoms with Crippen LogP contribution in [0, 0.1) is 5.82 Å². The molecule has 0 aliphatic heterocycles. The third kappa shape index (κ3) is 5.31. The number of anilines is 3. The maximum Gasteiger partial charge on any atom is 0.335 e. The normalized spacial score (nSPS) is 11.0. The summed E-state index contributed by atoms with van der Waals surface area (Å²) in [4.78, 5) is 64.1. The van der Waals surface area contributed by atoms with Gasteiger partial charge >= 0.3 is 5.97 Å². The number of hydrogen-bond acceptors (Lipinski definition) is 10. The van der Waals surface area contributed by atoms with Crippen LogP contribution < -0.4 is 32.5 Å². The summed E-state index contributed by atoms with van der Waals surface area (Å²) in [6, 6.07) is 11.0. The number of carbonyl (C=O) groups is 3. The second-order valence-corrected chi connectivity index (χ2v) is 8.78. The van der Waals surface area contributed by atoms with E-state index >= 15 is 0 Å². The highest BCUT2D eigenvalue weighted by atomic mass is 19.1. The fourth-order valence-corrected chi connectivity index (χ4v) is 3.86. The van der Waals surface area contributed by atoms with Crippen LogP contribution in [-0.2, 0) is 13.1 Å². The number of amides is 2. The fraction of sp³-hybridized carbons (Fsp3) is 0.0769. The zero-order valence-corrected chi connectivity index (χ0v) is 20.8. The summed E-state index contributed by atoms with van der Waals surface area (Å²) in [5.74, 6) is -3.02. The van der Waals surface area contributed by atoms with Crippen molar-refractivity contribution >= 4 is 40.5 Å². The number of carboxylic acid groups (broad SMARTS) is 1. The molecule has 3 aromatic carbocycles. The molecule has 6 N–H and O–H groups in total. The summed E-state index contributed by atoms with van der Waals surface area (Å²) in [7, 11) is 0. The minimum atomic E-state index is -1.07. The number of benzene rings is 2. The molecule has 206 valence electrons. The van der Waals surface area contributed by atoms with Gasteiger partial charge in [0.25, 0.3) is 22.7 Å². The molecule has 0 aliphatic carbocycles. The third-order valence-corrected chi connectivity index (χ3v) is 6.08. The number of halogens is 1. The first-order valence-electron chi connectivity index (χ1n) is 11.9. The van der Waals surface area contributed by atoms with E-state index in [9.17, 15) is 28.4 Å². The Labute approximate surface area is 228 Å². The second-order valence-electron chi connectivity index (χ2n) is 8.78. The maximum atomic E-state index is 14.3. The average Bonchev–Trinajstić information content (AvgIpc) is 3.46. The van der Waals surface area contributed by atoms with E-state index in [1.165, 1.54) is 36.5 Å². The minimum Gasteiger partial charge on any atom is -0.478 e. The third-order valence-electron chi connectivity index (χ3n) is 6.08. The van der Waals surface area contributed by atoms with Crippen LogP contribution in [0.2, 0.25) is 0 Å². The molecule has 0 saturated heterocycles. The van der Waals surface area contributed by atoms with Gasteiger partial charge < -0.3 is 26.8 Å². The lowest BCUT2D eigenvalue weighted by atomic mass is 10.1. The van der Waals surface area contributed by atoms with Gasteiger partial charge in [0, 0.05) is 19.2 Å². The summed E-state index contributed by atoms with van der Waals surface area (Å²) >= 11 is 0. The highest BCUT2D eigenvalue weighted by Crippen LogP contribution is 2.22. The van der Waals surface area contributed by atoms with Crippen LogP contribution in [0.15, 0.2) is 64.3 Å². The molecule has 0 atom stereocenters. The summed E-state index contributed by atoms with van der Waals surface area (Å²) in [6.45, 7) is -0.00450. The molecule has 2 amide bonds. The van der Waals surface area contributed by atoms with Crippen molar-refractivity contribution in [1.82, 2.24) is 30.4 Å². The van der Waals surface area contributed by atoms with Crippen LogP contribution in [0.1, 0.15) is 42.5 Å². The monoisotopic (exact) mass is 558 g/mol. The fourth-order valence-electron chi connectivity index (χ4n) is 3.86. The lowest BCUT2D eigenvalue weighted by Gasteiger charge is -2.13. The van der Waals surface area contributed by atoms with Gasteiger partial charge in [-0.15, -0.1) is 5.10 Å². The molecule has 5 rings (SSSR count). The van der Waals surface area contributed by atoms with E-state index in [1.54, 1.807) is 12.1 Å². The topological polar surface area (TPSA) is 211 Å². The average molecular weight is 558 g/mol. The van der Waals surface area contributed by atoms with Crippen LogP contribution >= 0.6 is 0 Å². The molecule has 0 aliphatic rings. The molecular weight excluding hydrogens is 539 g/mol. The van der Waals surface area contributed by atoms with E-state index in [0.29, 0.717) is 11.1 Å². The molecule has 15 heteroatoms. The molecular formula is C26H19FN8O6. The van der Waals surface area contributed by atoms with Crippen molar-refractivity contribution < 1.29 is 23.9 Å². The Morgan fingerprint density at radius 3 is 2.32 bits per heavy atom. The summed E-state index contributed by atoms with van der Waals surface area (Å²) < 4.78 is 15.4. The molecule has 41 heavy (non-hydrogen) atoms. The van der Waals surface area contributed by atoms with Gasteiger partial charge in [0.05, 0.1) is 17.4 Å². The van der Waals surface area contributed by atoms with Gasteiger partial charge in [-0.1, -0.05) is 23.4 Å². The van der Waals surface area contributed by atoms with Crippen molar-refractivity contribution in [3.05, 3.63) is 109 Å². The van der Waals surface area contributed by atoms with E-state index in [0.717, 1.165) is 10.6 Å². The second kappa shape index (κ2) is 10.6. The van der Waals surface area contributed by atoms with Gasteiger partial charge in [-0.3, -0.25) is 19.2 Å². The number of rotatable bonds is 9. The maximum absolute atomic E-state index is 14.3. The van der Waals surface area contributed by atoms with Crippen molar-refractivity contribution in [2.45, 2.75) is 13.1 Å². The largest absolute Gasteiger partial charge is 0.478 e. The first-order chi connectivity index (χ1) is 19.6. The van der Waals surface area contributed by atoms with Crippen molar-refractivity contribution in [3.63, 3.8) is 0 Å². The van der Waals surface area contributed by atoms with E-state index in [2.05, 4.69) is 31.2 Å². The number of aromatic carboxylic acids is 1. The summed E-state index contributed by atoms with van der Waals surface area (Å²) in [5.41, 5.74) is 4.35. The first kappa shape index (κ1) is 26.6. The Bertz CT molecular complexity index is 1910. The predicted molar refractivity (Wildman–Crippen MR) is 142 cm³/mol. The highest BCUT2D eigenvalue weighted by Gasteiger charge is 2.20. The number of nitrogens with two attached hydrogens (primary N) is 1. The van der Waals surface area contributed by atoms with E-state index in [1.807, 2.05) is 0 Å². The molecule has 2 aromatic heterocycles. The van der Waals surface area contributed by atoms with Gasteiger partial charge in [0.1, 0.15) is 28.6 Å². The van der Waals surface area contributed by atoms with Gasteiger partial charge in [0.15, 0.2) is 5.65 Å². The molecule has 0 bridgehead atoms. The number of hydrogen-bond donors (Lipinski definition) is 5. The van der Waals surface area contributed by atoms with Gasteiger partial charge in [-0.05, 0) is 35.4 Å². The van der Waals surface area contributed by atoms with E-state index in [-0.39, 0.29) is 52.8 Å². The molecule has 0 spiro atoms. The van der Waals surface area contributed by atoms with Crippen molar-refractivity contribution in [3.8, 4) is 0 Å².